The Hall–Kier alpha value is -2.01. The lowest BCUT2D eigenvalue weighted by Gasteiger charge is -2.06. The maximum absolute atomic E-state index is 11.8. The van der Waals surface area contributed by atoms with E-state index in [4.69, 9.17) is 16.3 Å². The van der Waals surface area contributed by atoms with Crippen LogP contribution in [0.5, 0.6) is 5.75 Å². The number of H-pyrrole nitrogens is 1. The van der Waals surface area contributed by atoms with Gasteiger partial charge in [0.15, 0.2) is 5.69 Å². The summed E-state index contributed by atoms with van der Waals surface area (Å²) in [6, 6.07) is 6.69. The van der Waals surface area contributed by atoms with Crippen molar-refractivity contribution in [3.05, 3.63) is 40.7 Å². The SMILES string of the molecule is COc1ccc(NC(=O)c2cc(C)[nH]n2)cc1Cl. The molecule has 0 saturated carbocycles. The zero-order valence-electron chi connectivity index (χ0n) is 9.95. The fraction of sp³-hybridized carbons (Fsp3) is 0.167. The monoisotopic (exact) mass is 265 g/mol. The lowest BCUT2D eigenvalue weighted by atomic mass is 10.3. The van der Waals surface area contributed by atoms with E-state index in [-0.39, 0.29) is 5.91 Å². The number of nitrogens with zero attached hydrogens (tertiary/aromatic N) is 1. The second kappa shape index (κ2) is 5.10. The predicted molar refractivity (Wildman–Crippen MR) is 69.3 cm³/mol. The summed E-state index contributed by atoms with van der Waals surface area (Å²) in [5.41, 5.74) is 1.75. The number of rotatable bonds is 3. The van der Waals surface area contributed by atoms with Gasteiger partial charge in [0.05, 0.1) is 12.1 Å². The summed E-state index contributed by atoms with van der Waals surface area (Å²) in [4.78, 5) is 11.8. The van der Waals surface area contributed by atoms with Gasteiger partial charge in [-0.05, 0) is 31.2 Å². The van der Waals surface area contributed by atoms with Gasteiger partial charge >= 0.3 is 0 Å². The Bertz CT molecular complexity index is 580. The first-order chi connectivity index (χ1) is 8.60. The molecule has 0 saturated heterocycles. The number of anilines is 1. The van der Waals surface area contributed by atoms with Gasteiger partial charge in [0.25, 0.3) is 5.91 Å². The van der Waals surface area contributed by atoms with Crippen LogP contribution in [0.25, 0.3) is 0 Å². The molecule has 1 aromatic heterocycles. The van der Waals surface area contributed by atoms with Crippen molar-refractivity contribution in [2.75, 3.05) is 12.4 Å². The van der Waals surface area contributed by atoms with Gasteiger partial charge in [-0.25, -0.2) is 0 Å². The van der Waals surface area contributed by atoms with Gasteiger partial charge in [-0.1, -0.05) is 11.6 Å². The first-order valence-corrected chi connectivity index (χ1v) is 5.65. The Morgan fingerprint density at radius 1 is 1.44 bits per heavy atom. The highest BCUT2D eigenvalue weighted by Gasteiger charge is 2.10. The van der Waals surface area contributed by atoms with Gasteiger partial charge in [-0.3, -0.25) is 9.89 Å². The lowest BCUT2D eigenvalue weighted by Crippen LogP contribution is -2.12. The number of amides is 1. The number of benzene rings is 1. The summed E-state index contributed by atoms with van der Waals surface area (Å²) < 4.78 is 5.03. The first-order valence-electron chi connectivity index (χ1n) is 5.27. The van der Waals surface area contributed by atoms with Gasteiger partial charge in [0.2, 0.25) is 0 Å². The van der Waals surface area contributed by atoms with E-state index < -0.39 is 0 Å². The van der Waals surface area contributed by atoms with E-state index in [1.165, 1.54) is 7.11 Å². The van der Waals surface area contributed by atoms with Crippen LogP contribution in [0.2, 0.25) is 5.02 Å². The molecule has 0 atom stereocenters. The molecule has 0 bridgehead atoms. The van der Waals surface area contributed by atoms with Crippen LogP contribution >= 0.6 is 11.6 Å². The Labute approximate surface area is 109 Å². The van der Waals surface area contributed by atoms with E-state index in [0.717, 1.165) is 5.69 Å². The molecule has 0 radical (unpaired) electrons. The number of aromatic amines is 1. The topological polar surface area (TPSA) is 67.0 Å². The first kappa shape index (κ1) is 12.4. The van der Waals surface area contributed by atoms with Crippen LogP contribution in [-0.4, -0.2) is 23.2 Å². The standard InChI is InChI=1S/C12H12ClN3O2/c1-7-5-10(16-15-7)12(17)14-8-3-4-11(18-2)9(13)6-8/h3-6H,1-2H3,(H,14,17)(H,15,16). The molecule has 18 heavy (non-hydrogen) atoms. The van der Waals surface area contributed by atoms with E-state index in [0.29, 0.717) is 22.2 Å². The number of methoxy groups -OCH3 is 1. The third-order valence-electron chi connectivity index (χ3n) is 2.35. The summed E-state index contributed by atoms with van der Waals surface area (Å²) in [5, 5.41) is 9.72. The zero-order valence-corrected chi connectivity index (χ0v) is 10.7. The molecule has 0 unspecified atom stereocenters. The molecule has 0 aliphatic heterocycles. The minimum absolute atomic E-state index is 0.291. The van der Waals surface area contributed by atoms with Gasteiger partial charge in [0.1, 0.15) is 5.75 Å². The molecule has 2 N–H and O–H groups in total. The number of carbonyl (C=O) groups is 1. The van der Waals surface area contributed by atoms with Crippen LogP contribution in [-0.2, 0) is 0 Å². The molecule has 1 aromatic carbocycles. The van der Waals surface area contributed by atoms with E-state index in [2.05, 4.69) is 15.5 Å². The number of carbonyl (C=O) groups excluding carboxylic acids is 1. The van der Waals surface area contributed by atoms with Crippen LogP contribution in [0.3, 0.4) is 0 Å². The highest BCUT2D eigenvalue weighted by atomic mass is 35.5. The number of hydrogen-bond acceptors (Lipinski definition) is 3. The van der Waals surface area contributed by atoms with Gasteiger partial charge in [-0.15, -0.1) is 0 Å². The van der Waals surface area contributed by atoms with Crippen molar-refractivity contribution in [3.63, 3.8) is 0 Å². The second-order valence-electron chi connectivity index (χ2n) is 3.74. The third kappa shape index (κ3) is 2.62. The molecule has 2 rings (SSSR count). The summed E-state index contributed by atoms with van der Waals surface area (Å²) in [7, 11) is 1.53. The van der Waals surface area contributed by atoms with E-state index in [1.54, 1.807) is 24.3 Å². The maximum Gasteiger partial charge on any atom is 0.276 e. The summed E-state index contributed by atoms with van der Waals surface area (Å²) in [6.07, 6.45) is 0. The van der Waals surface area contributed by atoms with E-state index in [9.17, 15) is 4.79 Å². The van der Waals surface area contributed by atoms with Crippen molar-refractivity contribution in [2.45, 2.75) is 6.92 Å². The molecule has 1 amide bonds. The Morgan fingerprint density at radius 3 is 2.78 bits per heavy atom. The van der Waals surface area contributed by atoms with Crippen molar-refractivity contribution < 1.29 is 9.53 Å². The van der Waals surface area contributed by atoms with Crippen molar-refractivity contribution in [1.82, 2.24) is 10.2 Å². The molecule has 5 nitrogen and oxygen atoms in total. The summed E-state index contributed by atoms with van der Waals surface area (Å²) in [5.74, 6) is 0.269. The molecule has 6 heteroatoms. The average Bonchev–Trinajstić information content (AvgIpc) is 2.76. The predicted octanol–water partition coefficient (Wildman–Crippen LogP) is 2.63. The van der Waals surface area contributed by atoms with Crippen LogP contribution in [0.4, 0.5) is 5.69 Å². The quantitative estimate of drug-likeness (QED) is 0.896. The normalized spacial score (nSPS) is 10.2. The zero-order chi connectivity index (χ0) is 13.1. The average molecular weight is 266 g/mol. The molecule has 0 aliphatic rings. The Balaban J connectivity index is 2.14. The fourth-order valence-electron chi connectivity index (χ4n) is 1.47. The van der Waals surface area contributed by atoms with Gasteiger partial charge < -0.3 is 10.1 Å². The molecule has 0 fully saturated rings. The number of aromatic nitrogens is 2. The second-order valence-corrected chi connectivity index (χ2v) is 4.15. The number of aryl methyl sites for hydroxylation is 1. The number of hydrogen-bond donors (Lipinski definition) is 2. The fourth-order valence-corrected chi connectivity index (χ4v) is 1.73. The third-order valence-corrected chi connectivity index (χ3v) is 2.64. The smallest absolute Gasteiger partial charge is 0.276 e. The minimum Gasteiger partial charge on any atom is -0.495 e. The highest BCUT2D eigenvalue weighted by Crippen LogP contribution is 2.27. The van der Waals surface area contributed by atoms with E-state index in [1.807, 2.05) is 6.92 Å². The van der Waals surface area contributed by atoms with Crippen molar-refractivity contribution in [2.24, 2.45) is 0 Å². The molecule has 1 heterocycles. The number of nitrogens with one attached hydrogen (secondary N) is 2. The molecule has 94 valence electrons. The van der Waals surface area contributed by atoms with Crippen molar-refractivity contribution in [1.29, 1.82) is 0 Å². The van der Waals surface area contributed by atoms with Crippen LogP contribution in [0.15, 0.2) is 24.3 Å². The lowest BCUT2D eigenvalue weighted by molar-refractivity contribution is 0.102. The summed E-state index contributed by atoms with van der Waals surface area (Å²) >= 11 is 5.97. The Kier molecular flexibility index (Phi) is 3.53. The molecule has 0 spiro atoms. The van der Waals surface area contributed by atoms with Crippen LogP contribution < -0.4 is 10.1 Å². The van der Waals surface area contributed by atoms with Crippen LogP contribution in [0, 0.1) is 6.92 Å². The molecule has 0 aliphatic carbocycles. The van der Waals surface area contributed by atoms with Crippen LogP contribution in [0.1, 0.15) is 16.2 Å². The maximum atomic E-state index is 11.8. The largest absolute Gasteiger partial charge is 0.495 e. The van der Waals surface area contributed by atoms with Gasteiger partial charge in [-0.2, -0.15) is 5.10 Å². The van der Waals surface area contributed by atoms with Crippen molar-refractivity contribution >= 4 is 23.2 Å². The van der Waals surface area contributed by atoms with Gasteiger partial charge in [0, 0.05) is 11.4 Å². The number of halogens is 1. The molecular weight excluding hydrogens is 254 g/mol. The minimum atomic E-state index is -0.291. The molecular formula is C12H12ClN3O2. The Morgan fingerprint density at radius 2 is 2.22 bits per heavy atom. The van der Waals surface area contributed by atoms with E-state index >= 15 is 0 Å². The van der Waals surface area contributed by atoms with Crippen molar-refractivity contribution in [3.8, 4) is 5.75 Å². The number of ether oxygens (including phenoxy) is 1. The summed E-state index contributed by atoms with van der Waals surface area (Å²) in [6.45, 7) is 1.83. The molecule has 2 aromatic rings. The highest BCUT2D eigenvalue weighted by molar-refractivity contribution is 6.32.